The van der Waals surface area contributed by atoms with Gasteiger partial charge < -0.3 is 4.90 Å². The van der Waals surface area contributed by atoms with Gasteiger partial charge in [0, 0.05) is 24.6 Å². The molecule has 0 N–H and O–H groups in total. The van der Waals surface area contributed by atoms with Crippen LogP contribution in [0.2, 0.25) is 0 Å². The molecule has 0 spiro atoms. The summed E-state index contributed by atoms with van der Waals surface area (Å²) in [5, 5.41) is 0.865. The van der Waals surface area contributed by atoms with Crippen LogP contribution in [0, 0.1) is 5.92 Å². The average Bonchev–Trinajstić information content (AvgIpc) is 2.27. The van der Waals surface area contributed by atoms with Crippen LogP contribution < -0.4 is 4.90 Å². The highest BCUT2D eigenvalue weighted by Crippen LogP contribution is 2.17. The first-order chi connectivity index (χ1) is 7.06. The van der Waals surface area contributed by atoms with E-state index in [1.54, 1.807) is 0 Å². The van der Waals surface area contributed by atoms with Crippen LogP contribution in [-0.2, 0) is 5.33 Å². The SMILES string of the molecule is CC(C)C(C)N(C)c1ccc(CBr)cn1. The molecule has 15 heavy (non-hydrogen) atoms. The van der Waals surface area contributed by atoms with Crippen LogP contribution >= 0.6 is 15.9 Å². The Kier molecular flexibility index (Phi) is 4.58. The Balaban J connectivity index is 2.78. The quantitative estimate of drug-likeness (QED) is 0.780. The summed E-state index contributed by atoms with van der Waals surface area (Å²) in [4.78, 5) is 6.67. The molecule has 0 saturated carbocycles. The second-order valence-electron chi connectivity index (χ2n) is 4.25. The highest BCUT2D eigenvalue weighted by Gasteiger charge is 2.14. The molecular formula is C12H19BrN2. The Bertz CT molecular complexity index is 295. The summed E-state index contributed by atoms with van der Waals surface area (Å²) in [5.74, 6) is 1.67. The number of rotatable bonds is 4. The van der Waals surface area contributed by atoms with Crippen LogP contribution in [-0.4, -0.2) is 18.1 Å². The third-order valence-electron chi connectivity index (χ3n) is 2.90. The first-order valence-corrected chi connectivity index (χ1v) is 6.42. The Morgan fingerprint density at radius 1 is 1.33 bits per heavy atom. The highest BCUT2D eigenvalue weighted by atomic mass is 79.9. The van der Waals surface area contributed by atoms with E-state index in [1.807, 2.05) is 6.20 Å². The average molecular weight is 271 g/mol. The fourth-order valence-electron chi connectivity index (χ4n) is 1.36. The van der Waals surface area contributed by atoms with Crippen LogP contribution in [0.3, 0.4) is 0 Å². The molecule has 1 unspecified atom stereocenters. The predicted molar refractivity (Wildman–Crippen MR) is 69.6 cm³/mol. The van der Waals surface area contributed by atoms with E-state index in [-0.39, 0.29) is 0 Å². The molecule has 0 bridgehead atoms. The fraction of sp³-hybridized carbons (Fsp3) is 0.583. The van der Waals surface area contributed by atoms with Crippen molar-refractivity contribution in [2.75, 3.05) is 11.9 Å². The standard InChI is InChI=1S/C12H19BrN2/c1-9(2)10(3)15(4)12-6-5-11(7-13)8-14-12/h5-6,8-10H,7H2,1-4H3. The van der Waals surface area contributed by atoms with Crippen molar-refractivity contribution in [3.05, 3.63) is 23.9 Å². The maximum Gasteiger partial charge on any atom is 0.128 e. The number of aromatic nitrogens is 1. The van der Waals surface area contributed by atoms with Gasteiger partial charge in [0.25, 0.3) is 0 Å². The molecule has 0 fully saturated rings. The van der Waals surface area contributed by atoms with Crippen LogP contribution in [0.25, 0.3) is 0 Å². The maximum atomic E-state index is 4.45. The first kappa shape index (κ1) is 12.5. The van der Waals surface area contributed by atoms with Crippen molar-refractivity contribution in [3.8, 4) is 0 Å². The van der Waals surface area contributed by atoms with Gasteiger partial charge in [0.1, 0.15) is 5.82 Å². The molecule has 2 nitrogen and oxygen atoms in total. The van der Waals surface area contributed by atoms with Crippen molar-refractivity contribution in [3.63, 3.8) is 0 Å². The second kappa shape index (κ2) is 5.50. The molecule has 0 aliphatic carbocycles. The van der Waals surface area contributed by atoms with Gasteiger partial charge in [-0.15, -0.1) is 0 Å². The van der Waals surface area contributed by atoms with Gasteiger partial charge in [-0.05, 0) is 24.5 Å². The van der Waals surface area contributed by atoms with Gasteiger partial charge in [-0.2, -0.15) is 0 Å². The van der Waals surface area contributed by atoms with E-state index in [4.69, 9.17) is 0 Å². The third kappa shape index (κ3) is 3.20. The van der Waals surface area contributed by atoms with Gasteiger partial charge in [0.15, 0.2) is 0 Å². The lowest BCUT2D eigenvalue weighted by atomic mass is 10.1. The first-order valence-electron chi connectivity index (χ1n) is 5.30. The summed E-state index contributed by atoms with van der Waals surface area (Å²) in [7, 11) is 2.10. The summed E-state index contributed by atoms with van der Waals surface area (Å²) >= 11 is 3.42. The molecular weight excluding hydrogens is 252 g/mol. The van der Waals surface area contributed by atoms with E-state index in [1.165, 1.54) is 5.56 Å². The van der Waals surface area contributed by atoms with E-state index >= 15 is 0 Å². The third-order valence-corrected chi connectivity index (χ3v) is 3.55. The molecule has 1 heterocycles. The lowest BCUT2D eigenvalue weighted by molar-refractivity contribution is 0.503. The summed E-state index contributed by atoms with van der Waals surface area (Å²) < 4.78 is 0. The summed E-state index contributed by atoms with van der Waals surface area (Å²) in [6.45, 7) is 6.69. The van der Waals surface area contributed by atoms with Crippen LogP contribution in [0.15, 0.2) is 18.3 Å². The molecule has 1 aromatic rings. The Hall–Kier alpha value is -0.570. The normalized spacial score (nSPS) is 12.9. The molecule has 0 radical (unpaired) electrons. The van der Waals surface area contributed by atoms with Gasteiger partial charge in [0.05, 0.1) is 0 Å². The summed E-state index contributed by atoms with van der Waals surface area (Å²) in [6, 6.07) is 4.70. The van der Waals surface area contributed by atoms with Gasteiger partial charge in [-0.25, -0.2) is 4.98 Å². The van der Waals surface area contributed by atoms with Gasteiger partial charge in [-0.1, -0.05) is 35.8 Å². The zero-order chi connectivity index (χ0) is 11.4. The molecule has 0 aliphatic heterocycles. The number of hydrogen-bond acceptors (Lipinski definition) is 2. The van der Waals surface area contributed by atoms with Crippen molar-refractivity contribution in [2.45, 2.75) is 32.1 Å². The molecule has 3 heteroatoms. The van der Waals surface area contributed by atoms with E-state index in [0.29, 0.717) is 12.0 Å². The number of alkyl halides is 1. The summed E-state index contributed by atoms with van der Waals surface area (Å²) in [6.07, 6.45) is 1.92. The van der Waals surface area contributed by atoms with E-state index in [2.05, 4.69) is 65.8 Å². The van der Waals surface area contributed by atoms with Crippen molar-refractivity contribution in [2.24, 2.45) is 5.92 Å². The van der Waals surface area contributed by atoms with E-state index in [0.717, 1.165) is 11.1 Å². The maximum absolute atomic E-state index is 4.45. The molecule has 1 rings (SSSR count). The molecule has 1 atom stereocenters. The number of pyridine rings is 1. The molecule has 0 aromatic carbocycles. The number of hydrogen-bond donors (Lipinski definition) is 0. The Labute approximate surface area is 101 Å². The van der Waals surface area contributed by atoms with Crippen molar-refractivity contribution in [1.29, 1.82) is 0 Å². The van der Waals surface area contributed by atoms with Crippen molar-refractivity contribution >= 4 is 21.7 Å². The second-order valence-corrected chi connectivity index (χ2v) is 4.81. The Morgan fingerprint density at radius 2 is 2.00 bits per heavy atom. The zero-order valence-electron chi connectivity index (χ0n) is 9.87. The summed E-state index contributed by atoms with van der Waals surface area (Å²) in [5.41, 5.74) is 1.21. The van der Waals surface area contributed by atoms with Crippen molar-refractivity contribution in [1.82, 2.24) is 4.98 Å². The number of anilines is 1. The minimum absolute atomic E-state index is 0.507. The fourth-order valence-corrected chi connectivity index (χ4v) is 1.69. The molecule has 0 amide bonds. The molecule has 0 saturated heterocycles. The molecule has 84 valence electrons. The molecule has 1 aromatic heterocycles. The highest BCUT2D eigenvalue weighted by molar-refractivity contribution is 9.08. The van der Waals surface area contributed by atoms with E-state index < -0.39 is 0 Å². The van der Waals surface area contributed by atoms with Crippen molar-refractivity contribution < 1.29 is 0 Å². The monoisotopic (exact) mass is 270 g/mol. The van der Waals surface area contributed by atoms with Gasteiger partial charge in [0.2, 0.25) is 0 Å². The largest absolute Gasteiger partial charge is 0.357 e. The lowest BCUT2D eigenvalue weighted by Gasteiger charge is -2.28. The minimum Gasteiger partial charge on any atom is -0.357 e. The topological polar surface area (TPSA) is 16.1 Å². The van der Waals surface area contributed by atoms with Crippen LogP contribution in [0.4, 0.5) is 5.82 Å². The zero-order valence-corrected chi connectivity index (χ0v) is 11.5. The van der Waals surface area contributed by atoms with Crippen LogP contribution in [0.5, 0.6) is 0 Å². The number of halogens is 1. The minimum atomic E-state index is 0.507. The lowest BCUT2D eigenvalue weighted by Crippen LogP contribution is -2.33. The van der Waals surface area contributed by atoms with Gasteiger partial charge in [-0.3, -0.25) is 0 Å². The van der Waals surface area contributed by atoms with E-state index in [9.17, 15) is 0 Å². The van der Waals surface area contributed by atoms with Crippen LogP contribution in [0.1, 0.15) is 26.3 Å². The predicted octanol–water partition coefficient (Wildman–Crippen LogP) is 3.46. The number of nitrogens with zero attached hydrogens (tertiary/aromatic N) is 2. The smallest absolute Gasteiger partial charge is 0.128 e. The molecule has 0 aliphatic rings. The van der Waals surface area contributed by atoms with Gasteiger partial charge >= 0.3 is 0 Å². The Morgan fingerprint density at radius 3 is 2.40 bits per heavy atom.